The van der Waals surface area contributed by atoms with E-state index in [-0.39, 0.29) is 15.7 Å². The Morgan fingerprint density at radius 1 is 1.16 bits per heavy atom. The molecule has 0 unspecified atom stereocenters. The van der Waals surface area contributed by atoms with Crippen LogP contribution in [-0.4, -0.2) is 43.1 Å². The fourth-order valence-electron chi connectivity index (χ4n) is 3.76. The van der Waals surface area contributed by atoms with Crippen molar-refractivity contribution in [1.29, 1.82) is 0 Å². The fraction of sp³-hybridized carbons (Fsp3) is 0.333. The molecule has 164 valence electrons. The number of fused-ring (bicyclic) bond motifs is 1. The number of nitrogens with zero attached hydrogens (tertiary/aromatic N) is 2. The maximum absolute atomic E-state index is 13.1. The molecule has 1 fully saturated rings. The third-order valence-corrected chi connectivity index (χ3v) is 8.46. The predicted octanol–water partition coefficient (Wildman–Crippen LogP) is 3.84. The van der Waals surface area contributed by atoms with Gasteiger partial charge in [-0.05, 0) is 62.4 Å². The number of likely N-dealkylation sites (tertiary alicyclic amines) is 1. The van der Waals surface area contributed by atoms with Crippen molar-refractivity contribution in [2.75, 3.05) is 24.1 Å². The SMILES string of the molecule is CCn1c(=O)sc2cc(NS(=O)(=O)c3ccc(SC)c(C(=O)N4CCCC4)c3)ccc21. The van der Waals surface area contributed by atoms with Gasteiger partial charge in [0.15, 0.2) is 0 Å². The highest BCUT2D eigenvalue weighted by atomic mass is 32.2. The number of hydrogen-bond acceptors (Lipinski definition) is 6. The Kier molecular flexibility index (Phi) is 6.14. The number of nitrogens with one attached hydrogen (secondary N) is 1. The number of hydrogen-bond donors (Lipinski definition) is 1. The summed E-state index contributed by atoms with van der Waals surface area (Å²) in [6.45, 7) is 3.84. The van der Waals surface area contributed by atoms with Gasteiger partial charge in [-0.15, -0.1) is 11.8 Å². The van der Waals surface area contributed by atoms with Gasteiger partial charge >= 0.3 is 4.87 Å². The van der Waals surface area contributed by atoms with Gasteiger partial charge in [-0.3, -0.25) is 18.9 Å². The van der Waals surface area contributed by atoms with Gasteiger partial charge in [0.25, 0.3) is 15.9 Å². The summed E-state index contributed by atoms with van der Waals surface area (Å²) >= 11 is 2.50. The Bertz CT molecular complexity index is 1310. The number of carbonyl (C=O) groups excluding carboxylic acids is 1. The van der Waals surface area contributed by atoms with Crippen molar-refractivity contribution in [2.45, 2.75) is 36.1 Å². The van der Waals surface area contributed by atoms with Crippen LogP contribution in [0.25, 0.3) is 10.2 Å². The van der Waals surface area contributed by atoms with Crippen LogP contribution in [0, 0.1) is 0 Å². The second-order valence-electron chi connectivity index (χ2n) is 7.26. The summed E-state index contributed by atoms with van der Waals surface area (Å²) in [5.74, 6) is -0.133. The average Bonchev–Trinajstić information content (AvgIpc) is 3.39. The second-order valence-corrected chi connectivity index (χ2v) is 10.8. The van der Waals surface area contributed by atoms with Crippen molar-refractivity contribution in [3.05, 3.63) is 51.6 Å². The zero-order chi connectivity index (χ0) is 22.2. The minimum atomic E-state index is -3.91. The molecule has 0 saturated carbocycles. The molecule has 7 nitrogen and oxygen atoms in total. The van der Waals surface area contributed by atoms with Gasteiger partial charge in [-0.1, -0.05) is 11.3 Å². The van der Waals surface area contributed by atoms with E-state index in [4.69, 9.17) is 0 Å². The Labute approximate surface area is 189 Å². The summed E-state index contributed by atoms with van der Waals surface area (Å²) in [7, 11) is -3.91. The molecule has 31 heavy (non-hydrogen) atoms. The topological polar surface area (TPSA) is 88.5 Å². The number of thiazole rings is 1. The highest BCUT2D eigenvalue weighted by molar-refractivity contribution is 7.98. The van der Waals surface area contributed by atoms with Crippen LogP contribution < -0.4 is 9.60 Å². The number of rotatable bonds is 6. The van der Waals surface area contributed by atoms with E-state index in [0.717, 1.165) is 39.3 Å². The molecule has 1 saturated heterocycles. The van der Waals surface area contributed by atoms with Gasteiger partial charge in [0, 0.05) is 24.5 Å². The molecule has 2 heterocycles. The van der Waals surface area contributed by atoms with Gasteiger partial charge in [-0.25, -0.2) is 8.42 Å². The highest BCUT2D eigenvalue weighted by Gasteiger charge is 2.24. The first kappa shape index (κ1) is 21.9. The monoisotopic (exact) mass is 477 g/mol. The maximum atomic E-state index is 13.1. The summed E-state index contributed by atoms with van der Waals surface area (Å²) in [4.78, 5) is 27.5. The van der Waals surface area contributed by atoms with E-state index in [1.54, 1.807) is 33.7 Å². The number of aryl methyl sites for hydroxylation is 1. The zero-order valence-corrected chi connectivity index (χ0v) is 19.7. The molecule has 4 rings (SSSR count). The lowest BCUT2D eigenvalue weighted by Gasteiger charge is -2.18. The molecule has 1 aliphatic heterocycles. The van der Waals surface area contributed by atoms with Crippen LogP contribution >= 0.6 is 23.1 Å². The molecule has 1 amide bonds. The normalized spacial score (nSPS) is 14.3. The Hall–Kier alpha value is -2.30. The predicted molar refractivity (Wildman–Crippen MR) is 126 cm³/mol. The number of amides is 1. The first-order chi connectivity index (χ1) is 14.8. The Morgan fingerprint density at radius 2 is 1.90 bits per heavy atom. The highest BCUT2D eigenvalue weighted by Crippen LogP contribution is 2.28. The van der Waals surface area contributed by atoms with Crippen molar-refractivity contribution in [2.24, 2.45) is 0 Å². The van der Waals surface area contributed by atoms with Crippen LogP contribution in [0.1, 0.15) is 30.1 Å². The fourth-order valence-corrected chi connectivity index (χ4v) is 6.40. The lowest BCUT2D eigenvalue weighted by Crippen LogP contribution is -2.28. The molecule has 0 spiro atoms. The summed E-state index contributed by atoms with van der Waals surface area (Å²) in [6, 6.07) is 9.70. The largest absolute Gasteiger partial charge is 0.339 e. The van der Waals surface area contributed by atoms with Crippen molar-refractivity contribution in [1.82, 2.24) is 9.47 Å². The van der Waals surface area contributed by atoms with Crippen molar-refractivity contribution in [3.63, 3.8) is 0 Å². The number of anilines is 1. The molecule has 2 aromatic carbocycles. The van der Waals surface area contributed by atoms with E-state index in [0.29, 0.717) is 30.9 Å². The Morgan fingerprint density at radius 3 is 2.58 bits per heavy atom. The van der Waals surface area contributed by atoms with Gasteiger partial charge in [-0.2, -0.15) is 0 Å². The van der Waals surface area contributed by atoms with Crippen LogP contribution in [0.2, 0.25) is 0 Å². The van der Waals surface area contributed by atoms with Crippen molar-refractivity contribution < 1.29 is 13.2 Å². The number of aromatic nitrogens is 1. The third kappa shape index (κ3) is 4.24. The lowest BCUT2D eigenvalue weighted by molar-refractivity contribution is 0.0789. The minimum Gasteiger partial charge on any atom is -0.339 e. The minimum absolute atomic E-state index is 0.0345. The summed E-state index contributed by atoms with van der Waals surface area (Å²) in [5.41, 5.74) is 1.56. The number of carbonyl (C=O) groups is 1. The third-order valence-electron chi connectivity index (χ3n) is 5.34. The average molecular weight is 478 g/mol. The number of benzene rings is 2. The molecule has 0 aliphatic carbocycles. The van der Waals surface area contributed by atoms with E-state index in [1.165, 1.54) is 23.9 Å². The maximum Gasteiger partial charge on any atom is 0.308 e. The summed E-state index contributed by atoms with van der Waals surface area (Å²) in [5, 5.41) is 0. The summed E-state index contributed by atoms with van der Waals surface area (Å²) < 4.78 is 31.1. The first-order valence-corrected chi connectivity index (χ1v) is 13.5. The molecule has 1 aliphatic rings. The van der Waals surface area contributed by atoms with Gasteiger partial charge in [0.05, 0.1) is 26.4 Å². The molecule has 0 radical (unpaired) electrons. The molecule has 0 atom stereocenters. The molecular weight excluding hydrogens is 454 g/mol. The standard InChI is InChI=1S/C21H23N3O4S3/c1-3-24-17-8-6-14(12-19(17)30-21(24)26)22-31(27,28)15-7-9-18(29-2)16(13-15)20(25)23-10-4-5-11-23/h6-9,12-13,22H,3-5,10-11H2,1-2H3. The quantitative estimate of drug-likeness (QED) is 0.545. The van der Waals surface area contributed by atoms with Gasteiger partial charge < -0.3 is 4.90 Å². The number of sulfonamides is 1. The molecular formula is C21H23N3O4S3. The van der Waals surface area contributed by atoms with Gasteiger partial charge in [0.1, 0.15) is 0 Å². The van der Waals surface area contributed by atoms with Gasteiger partial charge in [0.2, 0.25) is 0 Å². The second kappa shape index (κ2) is 8.68. The molecule has 10 heteroatoms. The van der Waals surface area contributed by atoms with Crippen LogP contribution in [0.5, 0.6) is 0 Å². The van der Waals surface area contributed by atoms with E-state index in [2.05, 4.69) is 4.72 Å². The molecule has 0 bridgehead atoms. The van der Waals surface area contributed by atoms with E-state index in [1.807, 2.05) is 13.2 Å². The van der Waals surface area contributed by atoms with Crippen LogP contribution in [-0.2, 0) is 16.6 Å². The molecule has 1 N–H and O–H groups in total. The van der Waals surface area contributed by atoms with E-state index in [9.17, 15) is 18.0 Å². The summed E-state index contributed by atoms with van der Waals surface area (Å²) in [6.07, 6.45) is 3.80. The van der Waals surface area contributed by atoms with E-state index < -0.39 is 10.0 Å². The Balaban J connectivity index is 1.67. The van der Waals surface area contributed by atoms with Crippen LogP contribution in [0.4, 0.5) is 5.69 Å². The number of thioether (sulfide) groups is 1. The van der Waals surface area contributed by atoms with Crippen LogP contribution in [0.15, 0.2) is 51.0 Å². The molecule has 3 aromatic rings. The van der Waals surface area contributed by atoms with E-state index >= 15 is 0 Å². The smallest absolute Gasteiger partial charge is 0.308 e. The lowest BCUT2D eigenvalue weighted by atomic mass is 10.2. The molecule has 1 aromatic heterocycles. The first-order valence-electron chi connectivity index (χ1n) is 9.97. The van der Waals surface area contributed by atoms with Crippen molar-refractivity contribution in [3.8, 4) is 0 Å². The van der Waals surface area contributed by atoms with Crippen LogP contribution in [0.3, 0.4) is 0 Å². The van der Waals surface area contributed by atoms with Crippen molar-refractivity contribution >= 4 is 54.9 Å². The zero-order valence-electron chi connectivity index (χ0n) is 17.3.